The molecule has 4 nitrogen and oxygen atoms in total. The third kappa shape index (κ3) is 1.30. The minimum Gasteiger partial charge on any atom is -0.348 e. The summed E-state index contributed by atoms with van der Waals surface area (Å²) < 4.78 is 3.67. The fourth-order valence-electron chi connectivity index (χ4n) is 2.82. The van der Waals surface area contributed by atoms with E-state index in [9.17, 15) is 4.79 Å². The van der Waals surface area contributed by atoms with E-state index in [2.05, 4.69) is 11.1 Å². The van der Waals surface area contributed by atoms with E-state index in [0.29, 0.717) is 11.0 Å². The van der Waals surface area contributed by atoms with Gasteiger partial charge in [0, 0.05) is 24.8 Å². The fraction of sp³-hybridized carbons (Fsp3) is 0.125. The van der Waals surface area contributed by atoms with Gasteiger partial charge in [0.2, 0.25) is 0 Å². The van der Waals surface area contributed by atoms with Gasteiger partial charge in [-0.25, -0.2) is 4.98 Å². The molecule has 0 saturated carbocycles. The molecule has 0 aliphatic carbocycles. The lowest BCUT2D eigenvalue weighted by Crippen LogP contribution is -2.16. The van der Waals surface area contributed by atoms with Crippen molar-refractivity contribution in [1.82, 2.24) is 14.0 Å². The van der Waals surface area contributed by atoms with Crippen LogP contribution < -0.4 is 5.56 Å². The van der Waals surface area contributed by atoms with E-state index in [1.807, 2.05) is 55.2 Å². The molecule has 0 unspecified atom stereocenters. The van der Waals surface area contributed by atoms with Crippen molar-refractivity contribution in [2.75, 3.05) is 0 Å². The number of rotatable bonds is 0. The summed E-state index contributed by atoms with van der Waals surface area (Å²) in [4.78, 5) is 17.3. The van der Waals surface area contributed by atoms with Gasteiger partial charge >= 0.3 is 0 Å². The van der Waals surface area contributed by atoms with Gasteiger partial charge in [-0.05, 0) is 30.7 Å². The molecule has 0 atom stereocenters. The van der Waals surface area contributed by atoms with Gasteiger partial charge in [-0.15, -0.1) is 0 Å². The van der Waals surface area contributed by atoms with Gasteiger partial charge in [-0.2, -0.15) is 0 Å². The topological polar surface area (TPSA) is 39.3 Å². The van der Waals surface area contributed by atoms with Crippen LogP contribution in [0.2, 0.25) is 0 Å². The monoisotopic (exact) mass is 263 g/mol. The summed E-state index contributed by atoms with van der Waals surface area (Å²) in [6.45, 7) is 2.02. The van der Waals surface area contributed by atoms with Crippen LogP contribution in [0.1, 0.15) is 5.56 Å². The van der Waals surface area contributed by atoms with Crippen LogP contribution in [0, 0.1) is 6.92 Å². The van der Waals surface area contributed by atoms with E-state index >= 15 is 0 Å². The van der Waals surface area contributed by atoms with Gasteiger partial charge in [-0.3, -0.25) is 9.20 Å². The van der Waals surface area contributed by atoms with E-state index < -0.39 is 0 Å². The second-order valence-corrected chi connectivity index (χ2v) is 5.13. The molecule has 0 aliphatic heterocycles. The summed E-state index contributed by atoms with van der Waals surface area (Å²) in [7, 11) is 1.98. The van der Waals surface area contributed by atoms with Crippen molar-refractivity contribution in [3.05, 3.63) is 58.6 Å². The first-order valence-corrected chi connectivity index (χ1v) is 6.52. The summed E-state index contributed by atoms with van der Waals surface area (Å²) in [5.41, 5.74) is 3.50. The zero-order valence-corrected chi connectivity index (χ0v) is 11.3. The molecule has 0 radical (unpaired) electrons. The highest BCUT2D eigenvalue weighted by Crippen LogP contribution is 2.23. The van der Waals surface area contributed by atoms with E-state index in [1.54, 1.807) is 4.40 Å². The molecule has 4 rings (SSSR count). The molecule has 98 valence electrons. The van der Waals surface area contributed by atoms with E-state index in [0.717, 1.165) is 22.0 Å². The third-order valence-electron chi connectivity index (χ3n) is 3.84. The molecule has 4 aromatic rings. The van der Waals surface area contributed by atoms with Crippen LogP contribution in [0.15, 0.2) is 47.5 Å². The van der Waals surface area contributed by atoms with Crippen molar-refractivity contribution in [2.24, 2.45) is 7.05 Å². The van der Waals surface area contributed by atoms with Crippen LogP contribution in [0.5, 0.6) is 0 Å². The fourth-order valence-corrected chi connectivity index (χ4v) is 2.82. The zero-order valence-electron chi connectivity index (χ0n) is 11.3. The Morgan fingerprint density at radius 2 is 1.90 bits per heavy atom. The predicted octanol–water partition coefficient (Wildman–Crippen LogP) is 2.65. The molecule has 0 bridgehead atoms. The van der Waals surface area contributed by atoms with Gasteiger partial charge in [0.25, 0.3) is 5.56 Å². The summed E-state index contributed by atoms with van der Waals surface area (Å²) >= 11 is 0. The second-order valence-electron chi connectivity index (χ2n) is 5.13. The maximum Gasteiger partial charge on any atom is 0.265 e. The van der Waals surface area contributed by atoms with Gasteiger partial charge < -0.3 is 4.57 Å². The largest absolute Gasteiger partial charge is 0.348 e. The standard InChI is InChI=1S/C16H13N3O/c1-10-9-19-15(14-11(10)7-8-18(14)2)17-13-6-4-3-5-12(13)16(19)20/h3-9H,1-2H3. The van der Waals surface area contributed by atoms with Crippen LogP contribution in [0.4, 0.5) is 0 Å². The molecule has 0 amide bonds. The highest BCUT2D eigenvalue weighted by atomic mass is 16.1. The molecule has 0 fully saturated rings. The van der Waals surface area contributed by atoms with Crippen molar-refractivity contribution in [3.8, 4) is 0 Å². The molecule has 1 aromatic carbocycles. The molecule has 0 N–H and O–H groups in total. The van der Waals surface area contributed by atoms with Gasteiger partial charge in [0.1, 0.15) is 0 Å². The molecule has 3 heterocycles. The van der Waals surface area contributed by atoms with E-state index in [4.69, 9.17) is 0 Å². The molecule has 0 aliphatic rings. The Bertz CT molecular complexity index is 1040. The highest BCUT2D eigenvalue weighted by Gasteiger charge is 2.12. The smallest absolute Gasteiger partial charge is 0.265 e. The zero-order chi connectivity index (χ0) is 13.9. The first-order chi connectivity index (χ1) is 9.66. The Labute approximate surface area is 114 Å². The average Bonchev–Trinajstić information content (AvgIpc) is 2.84. The van der Waals surface area contributed by atoms with Crippen LogP contribution in [0.25, 0.3) is 27.5 Å². The van der Waals surface area contributed by atoms with Crippen LogP contribution in [-0.2, 0) is 7.05 Å². The Balaban J connectivity index is 2.40. The number of aryl methyl sites for hydroxylation is 2. The van der Waals surface area contributed by atoms with Gasteiger partial charge in [0.15, 0.2) is 5.65 Å². The van der Waals surface area contributed by atoms with E-state index in [-0.39, 0.29) is 5.56 Å². The molecule has 0 spiro atoms. The Kier molecular flexibility index (Phi) is 2.07. The number of pyridine rings is 1. The Morgan fingerprint density at radius 3 is 2.75 bits per heavy atom. The lowest BCUT2D eigenvalue weighted by molar-refractivity contribution is 0.959. The van der Waals surface area contributed by atoms with Crippen LogP contribution >= 0.6 is 0 Å². The predicted molar refractivity (Wildman–Crippen MR) is 80.2 cm³/mol. The third-order valence-corrected chi connectivity index (χ3v) is 3.84. The minimum absolute atomic E-state index is 0.0169. The van der Waals surface area contributed by atoms with Crippen LogP contribution in [0.3, 0.4) is 0 Å². The van der Waals surface area contributed by atoms with Crippen molar-refractivity contribution in [1.29, 1.82) is 0 Å². The number of nitrogens with zero attached hydrogens (tertiary/aromatic N) is 3. The first-order valence-electron chi connectivity index (χ1n) is 6.52. The molecule has 20 heavy (non-hydrogen) atoms. The van der Waals surface area contributed by atoms with Crippen LogP contribution in [-0.4, -0.2) is 14.0 Å². The van der Waals surface area contributed by atoms with Gasteiger partial charge in [0.05, 0.1) is 16.4 Å². The number of hydrogen-bond acceptors (Lipinski definition) is 2. The average molecular weight is 263 g/mol. The summed E-state index contributed by atoms with van der Waals surface area (Å²) in [5.74, 6) is 0. The summed E-state index contributed by atoms with van der Waals surface area (Å²) in [5, 5.41) is 1.78. The minimum atomic E-state index is -0.0169. The molecular weight excluding hydrogens is 250 g/mol. The molecule has 0 saturated heterocycles. The quantitative estimate of drug-likeness (QED) is 0.457. The number of fused-ring (bicyclic) bond motifs is 4. The van der Waals surface area contributed by atoms with Crippen molar-refractivity contribution < 1.29 is 0 Å². The molecule has 4 heteroatoms. The maximum absolute atomic E-state index is 12.6. The van der Waals surface area contributed by atoms with Gasteiger partial charge in [-0.1, -0.05) is 12.1 Å². The lowest BCUT2D eigenvalue weighted by atomic mass is 10.2. The molecule has 3 aromatic heterocycles. The number of hydrogen-bond donors (Lipinski definition) is 0. The maximum atomic E-state index is 12.6. The number of aromatic nitrogens is 3. The summed E-state index contributed by atoms with van der Waals surface area (Å²) in [6, 6.07) is 9.53. The van der Waals surface area contributed by atoms with Crippen molar-refractivity contribution in [3.63, 3.8) is 0 Å². The summed E-state index contributed by atoms with van der Waals surface area (Å²) in [6.07, 6.45) is 3.87. The first kappa shape index (κ1) is 11.2. The Morgan fingerprint density at radius 1 is 1.10 bits per heavy atom. The highest BCUT2D eigenvalue weighted by molar-refractivity contribution is 5.95. The number of benzene rings is 1. The Hall–Kier alpha value is -2.62. The van der Waals surface area contributed by atoms with E-state index in [1.165, 1.54) is 0 Å². The number of para-hydroxylation sites is 1. The SMILES string of the molecule is Cc1cn2c(=O)c3ccccc3nc2c2c1ccn2C. The lowest BCUT2D eigenvalue weighted by Gasteiger charge is -2.08. The van der Waals surface area contributed by atoms with Crippen molar-refractivity contribution in [2.45, 2.75) is 6.92 Å². The normalized spacial score (nSPS) is 11.7. The molecular formula is C16H13N3O. The van der Waals surface area contributed by atoms with Crippen molar-refractivity contribution >= 4 is 27.5 Å². The second kappa shape index (κ2) is 3.70.